The maximum atomic E-state index is 13.9. The lowest BCUT2D eigenvalue weighted by molar-refractivity contribution is -0.122. The van der Waals surface area contributed by atoms with Gasteiger partial charge in [-0.3, -0.25) is 9.89 Å². The molecular weight excluding hydrogens is 319 g/mol. The van der Waals surface area contributed by atoms with Crippen molar-refractivity contribution in [1.29, 1.82) is 0 Å². The predicted octanol–water partition coefficient (Wildman–Crippen LogP) is 3.12. The third-order valence-corrected chi connectivity index (χ3v) is 5.13. The van der Waals surface area contributed by atoms with E-state index in [0.29, 0.717) is 18.5 Å². The first-order valence-electron chi connectivity index (χ1n) is 8.70. The molecule has 0 saturated carbocycles. The van der Waals surface area contributed by atoms with Crippen LogP contribution >= 0.6 is 0 Å². The minimum absolute atomic E-state index is 0.0360. The molecular formula is C19H21FN4O. The maximum absolute atomic E-state index is 13.9. The van der Waals surface area contributed by atoms with Crippen LogP contribution in [0.4, 0.5) is 4.39 Å². The fourth-order valence-corrected chi connectivity index (χ4v) is 3.85. The van der Waals surface area contributed by atoms with Gasteiger partial charge in [-0.1, -0.05) is 12.1 Å². The SMILES string of the molecule is Cc1[nH]c2c(F)cccc2c1CCNC(=O)C1CCCc2cn[nH]c21. The molecule has 6 heteroatoms. The summed E-state index contributed by atoms with van der Waals surface area (Å²) < 4.78 is 13.9. The van der Waals surface area contributed by atoms with E-state index < -0.39 is 0 Å². The number of carbonyl (C=O) groups excluding carboxylic acids is 1. The summed E-state index contributed by atoms with van der Waals surface area (Å²) in [6, 6.07) is 5.08. The molecule has 0 radical (unpaired) electrons. The molecule has 1 atom stereocenters. The van der Waals surface area contributed by atoms with Crippen LogP contribution in [0, 0.1) is 12.7 Å². The molecule has 130 valence electrons. The van der Waals surface area contributed by atoms with Crippen molar-refractivity contribution in [3.05, 3.63) is 52.7 Å². The number of hydrogen-bond acceptors (Lipinski definition) is 2. The highest BCUT2D eigenvalue weighted by atomic mass is 19.1. The van der Waals surface area contributed by atoms with Gasteiger partial charge in [0.25, 0.3) is 0 Å². The number of aromatic nitrogens is 3. The predicted molar refractivity (Wildman–Crippen MR) is 94.0 cm³/mol. The minimum atomic E-state index is -0.245. The molecule has 3 N–H and O–H groups in total. The van der Waals surface area contributed by atoms with Crippen LogP contribution in [0.2, 0.25) is 0 Å². The molecule has 0 aliphatic heterocycles. The van der Waals surface area contributed by atoms with Crippen LogP contribution in [0.15, 0.2) is 24.4 Å². The second-order valence-electron chi connectivity index (χ2n) is 6.69. The van der Waals surface area contributed by atoms with Crippen molar-refractivity contribution in [3.8, 4) is 0 Å². The smallest absolute Gasteiger partial charge is 0.229 e. The van der Waals surface area contributed by atoms with Crippen molar-refractivity contribution in [2.45, 2.75) is 38.5 Å². The topological polar surface area (TPSA) is 73.6 Å². The van der Waals surface area contributed by atoms with Gasteiger partial charge in [0.2, 0.25) is 5.91 Å². The molecule has 1 amide bonds. The van der Waals surface area contributed by atoms with E-state index in [1.54, 1.807) is 6.07 Å². The number of nitrogens with zero attached hydrogens (tertiary/aromatic N) is 1. The first kappa shape index (κ1) is 15.9. The Morgan fingerprint density at radius 1 is 1.44 bits per heavy atom. The molecule has 3 aromatic rings. The molecule has 1 aliphatic carbocycles. The zero-order valence-corrected chi connectivity index (χ0v) is 14.2. The number of aryl methyl sites for hydroxylation is 2. The summed E-state index contributed by atoms with van der Waals surface area (Å²) in [4.78, 5) is 15.7. The number of aromatic amines is 2. The lowest BCUT2D eigenvalue weighted by Crippen LogP contribution is -2.32. The van der Waals surface area contributed by atoms with Gasteiger partial charge in [-0.25, -0.2) is 4.39 Å². The summed E-state index contributed by atoms with van der Waals surface area (Å²) in [5.74, 6) is -0.355. The largest absolute Gasteiger partial charge is 0.356 e. The molecule has 2 aromatic heterocycles. The van der Waals surface area contributed by atoms with Crippen LogP contribution in [0.25, 0.3) is 10.9 Å². The van der Waals surface area contributed by atoms with E-state index in [4.69, 9.17) is 0 Å². The zero-order valence-electron chi connectivity index (χ0n) is 14.2. The Morgan fingerprint density at radius 3 is 3.20 bits per heavy atom. The number of H-pyrrole nitrogens is 2. The number of rotatable bonds is 4. The number of para-hydroxylation sites is 1. The molecule has 0 bridgehead atoms. The van der Waals surface area contributed by atoms with E-state index in [9.17, 15) is 9.18 Å². The maximum Gasteiger partial charge on any atom is 0.229 e. The Labute approximate surface area is 145 Å². The summed E-state index contributed by atoms with van der Waals surface area (Å²) >= 11 is 0. The first-order chi connectivity index (χ1) is 12.1. The lowest BCUT2D eigenvalue weighted by Gasteiger charge is -2.21. The molecule has 25 heavy (non-hydrogen) atoms. The summed E-state index contributed by atoms with van der Waals surface area (Å²) in [6.45, 7) is 2.47. The van der Waals surface area contributed by atoms with E-state index >= 15 is 0 Å². The lowest BCUT2D eigenvalue weighted by atomic mass is 9.87. The summed E-state index contributed by atoms with van der Waals surface area (Å²) in [7, 11) is 0. The standard InChI is InChI=1S/C19H21FN4O/c1-11-13(14-5-3-7-16(20)18(14)23-11)8-9-21-19(25)15-6-2-4-12-10-22-24-17(12)15/h3,5,7,10,15,23H,2,4,6,8-9H2,1H3,(H,21,25)(H,22,24). The van der Waals surface area contributed by atoms with E-state index in [1.165, 1.54) is 6.07 Å². The zero-order chi connectivity index (χ0) is 17.4. The van der Waals surface area contributed by atoms with Crippen molar-refractivity contribution in [2.75, 3.05) is 6.54 Å². The number of halogens is 1. The van der Waals surface area contributed by atoms with Crippen LogP contribution < -0.4 is 5.32 Å². The third kappa shape index (κ3) is 2.81. The number of nitrogens with one attached hydrogen (secondary N) is 3. The Bertz CT molecular complexity index is 927. The van der Waals surface area contributed by atoms with E-state index in [-0.39, 0.29) is 17.6 Å². The number of hydrogen-bond donors (Lipinski definition) is 3. The highest BCUT2D eigenvalue weighted by Crippen LogP contribution is 2.30. The van der Waals surface area contributed by atoms with Gasteiger partial charge in [0.05, 0.1) is 23.3 Å². The van der Waals surface area contributed by atoms with Gasteiger partial charge >= 0.3 is 0 Å². The molecule has 4 rings (SSSR count). The van der Waals surface area contributed by atoms with Gasteiger partial charge in [0.1, 0.15) is 5.82 Å². The van der Waals surface area contributed by atoms with Gasteiger partial charge in [0, 0.05) is 17.6 Å². The number of carbonyl (C=O) groups is 1. The third-order valence-electron chi connectivity index (χ3n) is 5.13. The Kier molecular flexibility index (Phi) is 4.03. The Balaban J connectivity index is 1.45. The highest BCUT2D eigenvalue weighted by molar-refractivity contribution is 5.86. The van der Waals surface area contributed by atoms with Crippen molar-refractivity contribution in [1.82, 2.24) is 20.5 Å². The van der Waals surface area contributed by atoms with Crippen LogP contribution in [0.3, 0.4) is 0 Å². The van der Waals surface area contributed by atoms with Crippen molar-refractivity contribution in [3.63, 3.8) is 0 Å². The number of fused-ring (bicyclic) bond motifs is 2. The minimum Gasteiger partial charge on any atom is -0.356 e. The first-order valence-corrected chi connectivity index (χ1v) is 8.70. The van der Waals surface area contributed by atoms with Gasteiger partial charge in [-0.15, -0.1) is 0 Å². The van der Waals surface area contributed by atoms with E-state index in [2.05, 4.69) is 20.5 Å². The molecule has 1 unspecified atom stereocenters. The van der Waals surface area contributed by atoms with Crippen LogP contribution in [-0.4, -0.2) is 27.6 Å². The van der Waals surface area contributed by atoms with Crippen LogP contribution in [0.5, 0.6) is 0 Å². The molecule has 0 fully saturated rings. The molecule has 1 aliphatic rings. The highest BCUT2D eigenvalue weighted by Gasteiger charge is 2.27. The fraction of sp³-hybridized carbons (Fsp3) is 0.368. The molecule has 5 nitrogen and oxygen atoms in total. The number of amides is 1. The normalized spacial score (nSPS) is 16.8. The summed E-state index contributed by atoms with van der Waals surface area (Å²) in [6.07, 6.45) is 5.32. The summed E-state index contributed by atoms with van der Waals surface area (Å²) in [5, 5.41) is 11.0. The van der Waals surface area contributed by atoms with Gasteiger partial charge < -0.3 is 10.3 Å². The van der Waals surface area contributed by atoms with Gasteiger partial charge in [0.15, 0.2) is 0 Å². The Hall–Kier alpha value is -2.63. The Morgan fingerprint density at radius 2 is 2.32 bits per heavy atom. The van der Waals surface area contributed by atoms with E-state index in [1.807, 2.05) is 19.2 Å². The van der Waals surface area contributed by atoms with Gasteiger partial charge in [-0.05, 0) is 49.8 Å². The van der Waals surface area contributed by atoms with Gasteiger partial charge in [-0.2, -0.15) is 5.10 Å². The summed E-state index contributed by atoms with van der Waals surface area (Å²) in [5.41, 5.74) is 4.64. The number of benzene rings is 1. The van der Waals surface area contributed by atoms with Crippen LogP contribution in [-0.2, 0) is 17.6 Å². The quantitative estimate of drug-likeness (QED) is 0.683. The molecule has 0 saturated heterocycles. The van der Waals surface area contributed by atoms with E-state index in [0.717, 1.165) is 47.2 Å². The molecule has 2 heterocycles. The van der Waals surface area contributed by atoms with Crippen LogP contribution in [0.1, 0.15) is 41.3 Å². The second kappa shape index (κ2) is 6.35. The molecule has 1 aromatic carbocycles. The second-order valence-corrected chi connectivity index (χ2v) is 6.69. The average Bonchev–Trinajstić information content (AvgIpc) is 3.20. The average molecular weight is 340 g/mol. The van der Waals surface area contributed by atoms with Crippen molar-refractivity contribution < 1.29 is 9.18 Å². The van der Waals surface area contributed by atoms with Crippen molar-refractivity contribution >= 4 is 16.8 Å². The van der Waals surface area contributed by atoms with Crippen molar-refractivity contribution in [2.24, 2.45) is 0 Å². The fourth-order valence-electron chi connectivity index (χ4n) is 3.85. The monoisotopic (exact) mass is 340 g/mol. The molecule has 0 spiro atoms.